The van der Waals surface area contributed by atoms with Crippen LogP contribution >= 0.6 is 0 Å². The molecule has 0 radical (unpaired) electrons. The van der Waals surface area contributed by atoms with Crippen molar-refractivity contribution < 1.29 is 14.3 Å². The summed E-state index contributed by atoms with van der Waals surface area (Å²) in [5.41, 5.74) is 2.92. The predicted octanol–water partition coefficient (Wildman–Crippen LogP) is 5.55. The summed E-state index contributed by atoms with van der Waals surface area (Å²) >= 11 is 0. The third kappa shape index (κ3) is 7.30. The second-order valence-corrected chi connectivity index (χ2v) is 7.80. The number of hydrogen-bond acceptors (Lipinski definition) is 3. The number of nitrogens with one attached hydrogen (secondary N) is 2. The number of ether oxygens (including phenoxy) is 1. The highest BCUT2D eigenvalue weighted by molar-refractivity contribution is 6.04. The van der Waals surface area contributed by atoms with Crippen LogP contribution in [0.1, 0.15) is 36.2 Å². The molecule has 3 aromatic carbocycles. The maximum atomic E-state index is 12.5. The monoisotopic (exact) mass is 416 g/mol. The fourth-order valence-electron chi connectivity index (χ4n) is 2.97. The van der Waals surface area contributed by atoms with Crippen LogP contribution in [-0.2, 0) is 11.2 Å². The highest BCUT2D eigenvalue weighted by Crippen LogP contribution is 2.18. The van der Waals surface area contributed by atoms with Crippen LogP contribution < -0.4 is 15.4 Å². The summed E-state index contributed by atoms with van der Waals surface area (Å²) in [5.74, 6) is 0.895. The second kappa shape index (κ2) is 11.0. The van der Waals surface area contributed by atoms with E-state index in [0.29, 0.717) is 42.3 Å². The quantitative estimate of drug-likeness (QED) is 0.481. The number of benzene rings is 3. The van der Waals surface area contributed by atoms with E-state index in [9.17, 15) is 9.59 Å². The third-order valence-corrected chi connectivity index (χ3v) is 4.59. The van der Waals surface area contributed by atoms with E-state index in [-0.39, 0.29) is 11.8 Å². The summed E-state index contributed by atoms with van der Waals surface area (Å²) < 4.78 is 5.65. The summed E-state index contributed by atoms with van der Waals surface area (Å²) in [6.45, 7) is 4.80. The van der Waals surface area contributed by atoms with Crippen molar-refractivity contribution in [2.45, 2.75) is 26.7 Å². The average molecular weight is 417 g/mol. The SMILES string of the molecule is CC(C)COc1ccc(C(=O)Nc2cccc(NC(=O)CCc3ccccc3)c2)cc1. The summed E-state index contributed by atoms with van der Waals surface area (Å²) in [6, 6.07) is 24.1. The molecule has 5 nitrogen and oxygen atoms in total. The zero-order chi connectivity index (χ0) is 22.1. The van der Waals surface area contributed by atoms with Gasteiger partial charge >= 0.3 is 0 Å². The molecule has 0 aromatic heterocycles. The molecule has 0 spiro atoms. The standard InChI is InChI=1S/C26H28N2O3/c1-19(2)18-31-24-14-12-21(13-15-24)26(30)28-23-10-6-9-22(17-23)27-25(29)16-11-20-7-4-3-5-8-20/h3-10,12-15,17,19H,11,16,18H2,1-2H3,(H,27,29)(H,28,30). The largest absolute Gasteiger partial charge is 0.493 e. The summed E-state index contributed by atoms with van der Waals surface area (Å²) in [5, 5.41) is 5.76. The number of carbonyl (C=O) groups is 2. The maximum absolute atomic E-state index is 12.5. The van der Waals surface area contributed by atoms with Crippen LogP contribution in [0.2, 0.25) is 0 Å². The molecule has 0 saturated carbocycles. The minimum atomic E-state index is -0.219. The van der Waals surface area contributed by atoms with Crippen molar-refractivity contribution in [3.8, 4) is 5.75 Å². The first-order valence-corrected chi connectivity index (χ1v) is 10.5. The zero-order valence-electron chi connectivity index (χ0n) is 17.9. The molecule has 0 heterocycles. The van der Waals surface area contributed by atoms with Gasteiger partial charge in [-0.1, -0.05) is 50.2 Å². The second-order valence-electron chi connectivity index (χ2n) is 7.80. The molecule has 0 unspecified atom stereocenters. The van der Waals surface area contributed by atoms with Crippen molar-refractivity contribution in [1.82, 2.24) is 0 Å². The van der Waals surface area contributed by atoms with E-state index in [0.717, 1.165) is 11.3 Å². The van der Waals surface area contributed by atoms with Crippen LogP contribution in [0.5, 0.6) is 5.75 Å². The molecule has 2 N–H and O–H groups in total. The Morgan fingerprint density at radius 3 is 2.19 bits per heavy atom. The minimum absolute atomic E-state index is 0.0654. The Labute approximate surface area is 183 Å². The summed E-state index contributed by atoms with van der Waals surface area (Å²) in [6.07, 6.45) is 1.08. The van der Waals surface area contributed by atoms with E-state index >= 15 is 0 Å². The Morgan fingerprint density at radius 2 is 1.52 bits per heavy atom. The zero-order valence-corrected chi connectivity index (χ0v) is 17.9. The van der Waals surface area contributed by atoms with E-state index in [4.69, 9.17) is 4.74 Å². The van der Waals surface area contributed by atoms with E-state index in [1.165, 1.54) is 0 Å². The molecule has 0 fully saturated rings. The van der Waals surface area contributed by atoms with Crippen LogP contribution in [-0.4, -0.2) is 18.4 Å². The van der Waals surface area contributed by atoms with Crippen LogP contribution in [0.25, 0.3) is 0 Å². The summed E-state index contributed by atoms with van der Waals surface area (Å²) in [7, 11) is 0. The maximum Gasteiger partial charge on any atom is 0.255 e. The lowest BCUT2D eigenvalue weighted by Gasteiger charge is -2.10. The molecule has 0 bridgehead atoms. The van der Waals surface area contributed by atoms with Gasteiger partial charge in [0.15, 0.2) is 0 Å². The van der Waals surface area contributed by atoms with Gasteiger partial charge in [-0.15, -0.1) is 0 Å². The van der Waals surface area contributed by atoms with Gasteiger partial charge in [-0.05, 0) is 60.4 Å². The molecular weight excluding hydrogens is 388 g/mol. The molecule has 0 atom stereocenters. The Balaban J connectivity index is 1.53. The Hall–Kier alpha value is -3.60. The molecule has 3 rings (SSSR count). The lowest BCUT2D eigenvalue weighted by atomic mass is 10.1. The van der Waals surface area contributed by atoms with E-state index in [2.05, 4.69) is 24.5 Å². The first kappa shape index (κ1) is 22.1. The number of anilines is 2. The Morgan fingerprint density at radius 1 is 0.839 bits per heavy atom. The van der Waals surface area contributed by atoms with Crippen molar-refractivity contribution in [3.05, 3.63) is 90.0 Å². The molecule has 31 heavy (non-hydrogen) atoms. The van der Waals surface area contributed by atoms with Gasteiger partial charge < -0.3 is 15.4 Å². The first-order valence-electron chi connectivity index (χ1n) is 10.5. The van der Waals surface area contributed by atoms with Gasteiger partial charge in [0.1, 0.15) is 5.75 Å². The molecule has 2 amide bonds. The van der Waals surface area contributed by atoms with Crippen LogP contribution in [0.3, 0.4) is 0 Å². The van der Waals surface area contributed by atoms with E-state index < -0.39 is 0 Å². The van der Waals surface area contributed by atoms with Crippen molar-refractivity contribution in [1.29, 1.82) is 0 Å². The molecule has 3 aromatic rings. The fraction of sp³-hybridized carbons (Fsp3) is 0.231. The molecule has 0 aliphatic rings. The number of hydrogen-bond donors (Lipinski definition) is 2. The number of rotatable bonds is 9. The molecule has 0 saturated heterocycles. The van der Waals surface area contributed by atoms with Crippen LogP contribution in [0, 0.1) is 5.92 Å². The van der Waals surface area contributed by atoms with Gasteiger partial charge in [0.05, 0.1) is 6.61 Å². The fourth-order valence-corrected chi connectivity index (χ4v) is 2.97. The van der Waals surface area contributed by atoms with E-state index in [1.807, 2.05) is 30.3 Å². The number of carbonyl (C=O) groups excluding carboxylic acids is 2. The van der Waals surface area contributed by atoms with Gasteiger partial charge in [0, 0.05) is 23.4 Å². The normalized spacial score (nSPS) is 10.5. The lowest BCUT2D eigenvalue weighted by Crippen LogP contribution is -2.14. The van der Waals surface area contributed by atoms with E-state index in [1.54, 1.807) is 48.5 Å². The predicted molar refractivity (Wildman–Crippen MR) is 125 cm³/mol. The average Bonchev–Trinajstić information content (AvgIpc) is 2.77. The van der Waals surface area contributed by atoms with Gasteiger partial charge in [-0.2, -0.15) is 0 Å². The van der Waals surface area contributed by atoms with Crippen LogP contribution in [0.4, 0.5) is 11.4 Å². The van der Waals surface area contributed by atoms with Gasteiger partial charge in [-0.3, -0.25) is 9.59 Å². The molecule has 160 valence electrons. The topological polar surface area (TPSA) is 67.4 Å². The Bertz CT molecular complexity index is 999. The third-order valence-electron chi connectivity index (χ3n) is 4.59. The molecular formula is C26H28N2O3. The van der Waals surface area contributed by atoms with Crippen molar-refractivity contribution in [3.63, 3.8) is 0 Å². The number of aryl methyl sites for hydroxylation is 1. The highest BCUT2D eigenvalue weighted by Gasteiger charge is 2.08. The number of amides is 2. The smallest absolute Gasteiger partial charge is 0.255 e. The molecule has 0 aliphatic heterocycles. The Kier molecular flexibility index (Phi) is 7.82. The van der Waals surface area contributed by atoms with Gasteiger partial charge in [0.25, 0.3) is 5.91 Å². The minimum Gasteiger partial charge on any atom is -0.493 e. The first-order chi connectivity index (χ1) is 15.0. The van der Waals surface area contributed by atoms with Gasteiger partial charge in [0.2, 0.25) is 5.91 Å². The summed E-state index contributed by atoms with van der Waals surface area (Å²) in [4.78, 5) is 24.8. The molecule has 5 heteroatoms. The van der Waals surface area contributed by atoms with Crippen LogP contribution in [0.15, 0.2) is 78.9 Å². The van der Waals surface area contributed by atoms with Crippen molar-refractivity contribution >= 4 is 23.2 Å². The van der Waals surface area contributed by atoms with Crippen molar-refractivity contribution in [2.75, 3.05) is 17.2 Å². The highest BCUT2D eigenvalue weighted by atomic mass is 16.5. The van der Waals surface area contributed by atoms with Crippen molar-refractivity contribution in [2.24, 2.45) is 5.92 Å². The van der Waals surface area contributed by atoms with Gasteiger partial charge in [-0.25, -0.2) is 0 Å². The lowest BCUT2D eigenvalue weighted by molar-refractivity contribution is -0.116. The molecule has 0 aliphatic carbocycles.